The molecule has 0 bridgehead atoms. The molecule has 1 N–H and O–H groups in total. The van der Waals surface area contributed by atoms with E-state index in [4.69, 9.17) is 0 Å². The molecule has 0 fully saturated rings. The standard InChI is InChI=1S/C26H37N3O4S/c1-18-9-11-22(12-10-18)16-28(21(4)25(31)27-26(5,6)7)24(30)17-29(34(8,32)33)23-14-19(2)13-20(3)15-23/h9-15,21H,16-17H2,1-8H3,(H,27,31)/t21-/m0/s1. The van der Waals surface area contributed by atoms with Crippen molar-refractivity contribution < 1.29 is 18.0 Å². The zero-order valence-corrected chi connectivity index (χ0v) is 22.3. The Morgan fingerprint density at radius 3 is 1.94 bits per heavy atom. The monoisotopic (exact) mass is 487 g/mol. The van der Waals surface area contributed by atoms with E-state index in [1.165, 1.54) is 4.90 Å². The summed E-state index contributed by atoms with van der Waals surface area (Å²) in [5.41, 5.74) is 3.68. The summed E-state index contributed by atoms with van der Waals surface area (Å²) in [6, 6.07) is 12.3. The summed E-state index contributed by atoms with van der Waals surface area (Å²) in [4.78, 5) is 28.0. The summed E-state index contributed by atoms with van der Waals surface area (Å²) in [5.74, 6) is -0.757. The van der Waals surface area contributed by atoms with Gasteiger partial charge in [0.05, 0.1) is 11.9 Å². The average molecular weight is 488 g/mol. The van der Waals surface area contributed by atoms with Gasteiger partial charge in [0.1, 0.15) is 12.6 Å². The lowest BCUT2D eigenvalue weighted by Gasteiger charge is -2.33. The van der Waals surface area contributed by atoms with Gasteiger partial charge in [0.25, 0.3) is 0 Å². The minimum Gasteiger partial charge on any atom is -0.350 e. The van der Waals surface area contributed by atoms with E-state index in [0.717, 1.165) is 32.8 Å². The van der Waals surface area contributed by atoms with E-state index in [1.807, 2.05) is 71.9 Å². The second kappa shape index (κ2) is 10.6. The van der Waals surface area contributed by atoms with Crippen LogP contribution in [0.5, 0.6) is 0 Å². The molecule has 0 aliphatic carbocycles. The largest absolute Gasteiger partial charge is 0.350 e. The molecule has 0 saturated carbocycles. The van der Waals surface area contributed by atoms with E-state index in [1.54, 1.807) is 19.1 Å². The van der Waals surface area contributed by atoms with Crippen LogP contribution in [0, 0.1) is 20.8 Å². The lowest BCUT2D eigenvalue weighted by Crippen LogP contribution is -2.54. The second-order valence-corrected chi connectivity index (χ2v) is 11.9. The van der Waals surface area contributed by atoms with Crippen LogP contribution < -0.4 is 9.62 Å². The van der Waals surface area contributed by atoms with Crippen LogP contribution in [0.15, 0.2) is 42.5 Å². The molecule has 8 heteroatoms. The molecule has 0 heterocycles. The fourth-order valence-corrected chi connectivity index (χ4v) is 4.49. The zero-order chi connectivity index (χ0) is 25.8. The van der Waals surface area contributed by atoms with E-state index in [0.29, 0.717) is 5.69 Å². The Hall–Kier alpha value is -2.87. The van der Waals surface area contributed by atoms with Crippen LogP contribution in [-0.2, 0) is 26.2 Å². The molecule has 1 atom stereocenters. The first-order valence-electron chi connectivity index (χ1n) is 11.3. The number of hydrogen-bond acceptors (Lipinski definition) is 4. The highest BCUT2D eigenvalue weighted by Crippen LogP contribution is 2.22. The van der Waals surface area contributed by atoms with Gasteiger partial charge >= 0.3 is 0 Å². The Morgan fingerprint density at radius 2 is 1.47 bits per heavy atom. The van der Waals surface area contributed by atoms with Crippen LogP contribution in [0.2, 0.25) is 0 Å². The second-order valence-electron chi connectivity index (χ2n) is 10.0. The number of hydrogen-bond donors (Lipinski definition) is 1. The Labute approximate surface area is 204 Å². The van der Waals surface area contributed by atoms with Crippen molar-refractivity contribution in [3.8, 4) is 0 Å². The molecule has 2 aromatic rings. The molecule has 0 spiro atoms. The lowest BCUT2D eigenvalue weighted by molar-refractivity contribution is -0.140. The van der Waals surface area contributed by atoms with Crippen molar-refractivity contribution in [3.63, 3.8) is 0 Å². The molecule has 0 aromatic heterocycles. The third-order valence-corrected chi connectivity index (χ3v) is 6.45. The molecule has 34 heavy (non-hydrogen) atoms. The van der Waals surface area contributed by atoms with Crippen molar-refractivity contribution >= 4 is 27.5 Å². The van der Waals surface area contributed by atoms with Crippen LogP contribution in [0.25, 0.3) is 0 Å². The minimum absolute atomic E-state index is 0.183. The fraction of sp³-hybridized carbons (Fsp3) is 0.462. The maximum Gasteiger partial charge on any atom is 0.244 e. The van der Waals surface area contributed by atoms with E-state index in [2.05, 4.69) is 5.32 Å². The highest BCUT2D eigenvalue weighted by molar-refractivity contribution is 7.92. The van der Waals surface area contributed by atoms with Crippen molar-refractivity contribution in [2.75, 3.05) is 17.1 Å². The molecule has 186 valence electrons. The molecular weight excluding hydrogens is 450 g/mol. The van der Waals surface area contributed by atoms with E-state index in [-0.39, 0.29) is 12.5 Å². The fourth-order valence-electron chi connectivity index (χ4n) is 3.66. The summed E-state index contributed by atoms with van der Waals surface area (Å²) in [6.45, 7) is 12.8. The van der Waals surface area contributed by atoms with Crippen molar-refractivity contribution in [3.05, 3.63) is 64.7 Å². The van der Waals surface area contributed by atoms with Gasteiger partial charge in [-0.2, -0.15) is 0 Å². The average Bonchev–Trinajstić information content (AvgIpc) is 2.68. The molecule has 0 unspecified atom stereocenters. The first-order chi connectivity index (χ1) is 15.6. The van der Waals surface area contributed by atoms with Crippen molar-refractivity contribution in [1.29, 1.82) is 0 Å². The topological polar surface area (TPSA) is 86.8 Å². The third-order valence-electron chi connectivity index (χ3n) is 5.31. The normalized spacial score (nSPS) is 12.7. The minimum atomic E-state index is -3.75. The number of nitrogens with one attached hydrogen (secondary N) is 1. The predicted molar refractivity (Wildman–Crippen MR) is 137 cm³/mol. The Bertz CT molecular complexity index is 1120. The molecule has 0 saturated heterocycles. The number of benzene rings is 2. The van der Waals surface area contributed by atoms with E-state index < -0.39 is 34.1 Å². The molecule has 2 amide bonds. The molecule has 2 aromatic carbocycles. The van der Waals surface area contributed by atoms with Crippen molar-refractivity contribution in [1.82, 2.24) is 10.2 Å². The molecule has 0 aliphatic heterocycles. The first-order valence-corrected chi connectivity index (χ1v) is 13.1. The molecule has 7 nitrogen and oxygen atoms in total. The van der Waals surface area contributed by atoms with Gasteiger partial charge < -0.3 is 10.2 Å². The first kappa shape index (κ1) is 27.4. The number of sulfonamides is 1. The summed E-state index contributed by atoms with van der Waals surface area (Å²) in [5, 5.41) is 2.91. The van der Waals surface area contributed by atoms with Crippen LogP contribution >= 0.6 is 0 Å². The summed E-state index contributed by atoms with van der Waals surface area (Å²) < 4.78 is 26.5. The third kappa shape index (κ3) is 7.87. The van der Waals surface area contributed by atoms with Gasteiger partial charge in [0, 0.05) is 12.1 Å². The van der Waals surface area contributed by atoms with Gasteiger partial charge in [-0.05, 0) is 77.3 Å². The van der Waals surface area contributed by atoms with Gasteiger partial charge in [-0.25, -0.2) is 8.42 Å². The molecule has 0 aliphatic rings. The summed E-state index contributed by atoms with van der Waals surface area (Å²) in [6.07, 6.45) is 1.08. The summed E-state index contributed by atoms with van der Waals surface area (Å²) in [7, 11) is -3.75. The maximum atomic E-state index is 13.6. The zero-order valence-electron chi connectivity index (χ0n) is 21.5. The highest BCUT2D eigenvalue weighted by atomic mass is 32.2. The van der Waals surface area contributed by atoms with Gasteiger partial charge in [-0.15, -0.1) is 0 Å². The number of carbonyl (C=O) groups is 2. The van der Waals surface area contributed by atoms with E-state index in [9.17, 15) is 18.0 Å². The summed E-state index contributed by atoms with van der Waals surface area (Å²) >= 11 is 0. The Morgan fingerprint density at radius 1 is 0.941 bits per heavy atom. The number of anilines is 1. The molecular formula is C26H37N3O4S. The number of amides is 2. The highest BCUT2D eigenvalue weighted by Gasteiger charge is 2.31. The SMILES string of the molecule is Cc1ccc(CN(C(=O)CN(c2cc(C)cc(C)c2)S(C)(=O)=O)[C@@H](C)C(=O)NC(C)(C)C)cc1. The predicted octanol–water partition coefficient (Wildman–Crippen LogP) is 3.71. The van der Waals surface area contributed by atoms with E-state index >= 15 is 0 Å². The Balaban J connectivity index is 2.43. The van der Waals surface area contributed by atoms with Crippen LogP contribution in [0.1, 0.15) is 49.9 Å². The van der Waals surface area contributed by atoms with Gasteiger partial charge in [-0.3, -0.25) is 13.9 Å². The molecule has 2 rings (SSSR count). The quantitative estimate of drug-likeness (QED) is 0.615. The smallest absolute Gasteiger partial charge is 0.244 e. The van der Waals surface area contributed by atoms with Crippen LogP contribution in [0.3, 0.4) is 0 Å². The van der Waals surface area contributed by atoms with Gasteiger partial charge in [-0.1, -0.05) is 35.9 Å². The van der Waals surface area contributed by atoms with Gasteiger partial charge in [0.15, 0.2) is 0 Å². The van der Waals surface area contributed by atoms with Crippen LogP contribution in [0.4, 0.5) is 5.69 Å². The van der Waals surface area contributed by atoms with Crippen LogP contribution in [-0.4, -0.2) is 49.5 Å². The number of rotatable bonds is 8. The van der Waals surface area contributed by atoms with Gasteiger partial charge in [0.2, 0.25) is 21.8 Å². The number of nitrogens with zero attached hydrogens (tertiary/aromatic N) is 2. The maximum absolute atomic E-state index is 13.6. The number of aryl methyl sites for hydroxylation is 3. The van der Waals surface area contributed by atoms with Crippen molar-refractivity contribution in [2.45, 2.75) is 66.6 Å². The number of carbonyl (C=O) groups excluding carboxylic acids is 2. The lowest BCUT2D eigenvalue weighted by atomic mass is 10.1. The molecule has 0 radical (unpaired) electrons. The van der Waals surface area contributed by atoms with Crippen molar-refractivity contribution in [2.24, 2.45) is 0 Å². The Kier molecular flexibility index (Phi) is 8.53.